The lowest BCUT2D eigenvalue weighted by atomic mass is 9.92. The maximum Gasteiger partial charge on any atom is 0.306 e. The molecule has 0 bridgehead atoms. The van der Waals surface area contributed by atoms with Gasteiger partial charge in [0.05, 0.1) is 13.0 Å². The Morgan fingerprint density at radius 3 is 2.44 bits per heavy atom. The van der Waals surface area contributed by atoms with E-state index in [9.17, 15) is 14.4 Å². The summed E-state index contributed by atoms with van der Waals surface area (Å²) in [7, 11) is 1.49. The van der Waals surface area contributed by atoms with E-state index in [1.54, 1.807) is 6.07 Å². The van der Waals surface area contributed by atoms with Crippen molar-refractivity contribution in [2.75, 3.05) is 25.5 Å². The van der Waals surface area contributed by atoms with Crippen LogP contribution in [0, 0.1) is 12.3 Å². The Morgan fingerprint density at radius 2 is 1.88 bits per heavy atom. The lowest BCUT2D eigenvalue weighted by molar-refractivity contribution is -0.153. The smallest absolute Gasteiger partial charge is 0.306 e. The minimum Gasteiger partial charge on any atom is -0.456 e. The van der Waals surface area contributed by atoms with Gasteiger partial charge in [0, 0.05) is 17.2 Å². The number of nitrogens with one attached hydrogen (secondary N) is 1. The van der Waals surface area contributed by atoms with Gasteiger partial charge in [0.2, 0.25) is 5.91 Å². The second kappa shape index (κ2) is 8.99. The average Bonchev–Trinajstić information content (AvgIpc) is 2.45. The number of likely N-dealkylation sites (N-methyl/N-ethyl adjacent to an activating group) is 1. The molecule has 1 aromatic carbocycles. The van der Waals surface area contributed by atoms with Crippen LogP contribution in [0.4, 0.5) is 5.69 Å². The molecule has 0 fully saturated rings. The molecule has 0 aromatic heterocycles. The highest BCUT2D eigenvalue weighted by molar-refractivity contribution is 9.10. The molecule has 0 aliphatic rings. The first-order chi connectivity index (χ1) is 11.5. The number of carbonyl (C=O) groups is 3. The van der Waals surface area contributed by atoms with E-state index in [2.05, 4.69) is 21.2 Å². The molecular weight excluding hydrogens is 388 g/mol. The van der Waals surface area contributed by atoms with Gasteiger partial charge in [-0.2, -0.15) is 0 Å². The predicted octanol–water partition coefficient (Wildman–Crippen LogP) is 3.13. The summed E-state index contributed by atoms with van der Waals surface area (Å²) in [5.74, 6) is -1.17. The molecule has 0 spiro atoms. The van der Waals surface area contributed by atoms with Crippen molar-refractivity contribution in [2.24, 2.45) is 5.41 Å². The summed E-state index contributed by atoms with van der Waals surface area (Å²) >= 11 is 3.36. The molecule has 0 unspecified atom stereocenters. The van der Waals surface area contributed by atoms with Crippen LogP contribution in [0.2, 0.25) is 0 Å². The highest BCUT2D eigenvalue weighted by Crippen LogP contribution is 2.20. The first kappa shape index (κ1) is 21.2. The Kier molecular flexibility index (Phi) is 7.60. The molecule has 7 heteroatoms. The number of nitrogens with zero attached hydrogens (tertiary/aromatic N) is 1. The highest BCUT2D eigenvalue weighted by Gasteiger charge is 2.19. The summed E-state index contributed by atoms with van der Waals surface area (Å²) in [5, 5.41) is 2.76. The van der Waals surface area contributed by atoms with E-state index in [1.807, 2.05) is 39.8 Å². The molecule has 25 heavy (non-hydrogen) atoms. The van der Waals surface area contributed by atoms with E-state index < -0.39 is 11.9 Å². The van der Waals surface area contributed by atoms with Gasteiger partial charge in [-0.1, -0.05) is 36.7 Å². The lowest BCUT2D eigenvalue weighted by Gasteiger charge is -2.19. The van der Waals surface area contributed by atoms with Gasteiger partial charge in [-0.15, -0.1) is 0 Å². The number of rotatable bonds is 6. The molecule has 1 aromatic rings. The van der Waals surface area contributed by atoms with Gasteiger partial charge in [-0.3, -0.25) is 14.4 Å². The van der Waals surface area contributed by atoms with Crippen LogP contribution >= 0.6 is 15.9 Å². The number of ether oxygens (including phenoxy) is 1. The molecule has 2 amide bonds. The van der Waals surface area contributed by atoms with Crippen LogP contribution < -0.4 is 5.32 Å². The normalized spacial score (nSPS) is 11.0. The molecule has 0 saturated heterocycles. The van der Waals surface area contributed by atoms with E-state index in [0.29, 0.717) is 5.69 Å². The Hall–Kier alpha value is -1.89. The van der Waals surface area contributed by atoms with Crippen LogP contribution in [0.15, 0.2) is 22.7 Å². The van der Waals surface area contributed by atoms with Crippen LogP contribution in [0.5, 0.6) is 0 Å². The minimum atomic E-state index is -0.427. The summed E-state index contributed by atoms with van der Waals surface area (Å²) in [6.45, 7) is 7.13. The van der Waals surface area contributed by atoms with Crippen LogP contribution in [-0.2, 0) is 19.1 Å². The van der Waals surface area contributed by atoms with E-state index in [-0.39, 0.29) is 30.9 Å². The molecular formula is C18H25BrN2O4. The molecule has 1 N–H and O–H groups in total. The lowest BCUT2D eigenvalue weighted by Crippen LogP contribution is -2.37. The first-order valence-electron chi connectivity index (χ1n) is 7.93. The van der Waals surface area contributed by atoms with Crippen molar-refractivity contribution >= 4 is 39.4 Å². The molecule has 1 rings (SSSR count). The average molecular weight is 413 g/mol. The molecule has 0 radical (unpaired) electrons. The van der Waals surface area contributed by atoms with Gasteiger partial charge in [-0.25, -0.2) is 0 Å². The number of aryl methyl sites for hydroxylation is 1. The fourth-order valence-electron chi connectivity index (χ4n) is 2.00. The van der Waals surface area contributed by atoms with Crippen molar-refractivity contribution in [1.82, 2.24) is 4.90 Å². The van der Waals surface area contributed by atoms with E-state index in [1.165, 1.54) is 11.9 Å². The number of halogens is 1. The van der Waals surface area contributed by atoms with E-state index in [4.69, 9.17) is 4.74 Å². The van der Waals surface area contributed by atoms with Crippen LogP contribution in [0.3, 0.4) is 0 Å². The number of benzene rings is 1. The topological polar surface area (TPSA) is 75.7 Å². The zero-order chi connectivity index (χ0) is 19.2. The maximum absolute atomic E-state index is 12.1. The van der Waals surface area contributed by atoms with Crippen LogP contribution in [-0.4, -0.2) is 42.9 Å². The molecule has 0 saturated carbocycles. The van der Waals surface area contributed by atoms with Crippen molar-refractivity contribution in [3.05, 3.63) is 28.2 Å². The molecule has 0 heterocycles. The summed E-state index contributed by atoms with van der Waals surface area (Å²) in [6.07, 6.45) is 0.229. The Balaban J connectivity index is 2.46. The molecule has 6 nitrogen and oxygen atoms in total. The number of amides is 2. The Bertz CT molecular complexity index is 653. The minimum absolute atomic E-state index is 0.120. The standard InChI is InChI=1S/C18H25BrN2O4/c1-12-8-13(19)6-7-14(12)20-15(22)10-21(5)16(23)11-25-17(24)9-18(2,3)4/h6-8H,9-11H2,1-5H3,(H,20,22). The van der Waals surface area contributed by atoms with Crippen molar-refractivity contribution in [3.63, 3.8) is 0 Å². The summed E-state index contributed by atoms with van der Waals surface area (Å²) < 4.78 is 5.89. The third-order valence-electron chi connectivity index (χ3n) is 3.30. The highest BCUT2D eigenvalue weighted by atomic mass is 79.9. The summed E-state index contributed by atoms with van der Waals surface area (Å²) in [5.41, 5.74) is 1.40. The molecule has 138 valence electrons. The van der Waals surface area contributed by atoms with E-state index >= 15 is 0 Å². The molecule has 0 aliphatic carbocycles. The Labute approximate surface area is 157 Å². The van der Waals surface area contributed by atoms with Crippen molar-refractivity contribution < 1.29 is 19.1 Å². The van der Waals surface area contributed by atoms with Crippen molar-refractivity contribution in [2.45, 2.75) is 34.1 Å². The third-order valence-corrected chi connectivity index (χ3v) is 3.79. The quantitative estimate of drug-likeness (QED) is 0.728. The summed E-state index contributed by atoms with van der Waals surface area (Å²) in [4.78, 5) is 36.9. The largest absolute Gasteiger partial charge is 0.456 e. The van der Waals surface area contributed by atoms with Gasteiger partial charge < -0.3 is 15.0 Å². The zero-order valence-electron chi connectivity index (χ0n) is 15.3. The van der Waals surface area contributed by atoms with Gasteiger partial charge in [0.25, 0.3) is 5.91 Å². The monoisotopic (exact) mass is 412 g/mol. The number of anilines is 1. The van der Waals surface area contributed by atoms with Crippen molar-refractivity contribution in [3.8, 4) is 0 Å². The number of hydrogen-bond acceptors (Lipinski definition) is 4. The predicted molar refractivity (Wildman–Crippen MR) is 100 cm³/mol. The number of carbonyl (C=O) groups excluding carboxylic acids is 3. The number of hydrogen-bond donors (Lipinski definition) is 1. The van der Waals surface area contributed by atoms with Crippen LogP contribution in [0.25, 0.3) is 0 Å². The van der Waals surface area contributed by atoms with Gasteiger partial charge in [0.1, 0.15) is 0 Å². The zero-order valence-corrected chi connectivity index (χ0v) is 16.9. The first-order valence-corrected chi connectivity index (χ1v) is 8.73. The third kappa shape index (κ3) is 8.16. The van der Waals surface area contributed by atoms with Crippen molar-refractivity contribution in [1.29, 1.82) is 0 Å². The Morgan fingerprint density at radius 1 is 1.24 bits per heavy atom. The van der Waals surface area contributed by atoms with Gasteiger partial charge in [-0.05, 0) is 36.1 Å². The second-order valence-electron chi connectivity index (χ2n) is 7.16. The SMILES string of the molecule is Cc1cc(Br)ccc1NC(=O)CN(C)C(=O)COC(=O)CC(C)(C)C. The fraction of sp³-hybridized carbons (Fsp3) is 0.500. The van der Waals surface area contributed by atoms with Gasteiger partial charge in [0.15, 0.2) is 6.61 Å². The van der Waals surface area contributed by atoms with E-state index in [0.717, 1.165) is 10.0 Å². The summed E-state index contributed by atoms with van der Waals surface area (Å²) in [6, 6.07) is 5.50. The fourth-order valence-corrected chi connectivity index (χ4v) is 2.47. The van der Waals surface area contributed by atoms with Gasteiger partial charge >= 0.3 is 5.97 Å². The van der Waals surface area contributed by atoms with Crippen LogP contribution in [0.1, 0.15) is 32.8 Å². The maximum atomic E-state index is 12.1. The molecule has 0 aliphatic heterocycles. The number of esters is 1. The second-order valence-corrected chi connectivity index (χ2v) is 8.07. The molecule has 0 atom stereocenters.